The SMILES string of the molecule is C=CC[C@H]1[C@@H](COCc2ccccc2)CC=C[C@H]1O. The van der Waals surface area contributed by atoms with Gasteiger partial charge in [-0.3, -0.25) is 0 Å². The maximum atomic E-state index is 10.00. The fourth-order valence-corrected chi connectivity index (χ4v) is 2.61. The number of hydrogen-bond acceptors (Lipinski definition) is 2. The molecular weight excluding hydrogens is 236 g/mol. The molecule has 1 N–H and O–H groups in total. The van der Waals surface area contributed by atoms with Crippen LogP contribution in [0.25, 0.3) is 0 Å². The van der Waals surface area contributed by atoms with Crippen molar-refractivity contribution < 1.29 is 9.84 Å². The van der Waals surface area contributed by atoms with Crippen molar-refractivity contribution in [2.45, 2.75) is 25.6 Å². The molecule has 2 heteroatoms. The summed E-state index contributed by atoms with van der Waals surface area (Å²) in [6.07, 6.45) is 7.28. The van der Waals surface area contributed by atoms with Crippen LogP contribution in [0.5, 0.6) is 0 Å². The van der Waals surface area contributed by atoms with Gasteiger partial charge in [-0.1, -0.05) is 48.6 Å². The van der Waals surface area contributed by atoms with Crippen molar-refractivity contribution in [2.24, 2.45) is 11.8 Å². The predicted molar refractivity (Wildman–Crippen MR) is 77.7 cm³/mol. The van der Waals surface area contributed by atoms with E-state index >= 15 is 0 Å². The molecule has 1 aromatic carbocycles. The van der Waals surface area contributed by atoms with Gasteiger partial charge in [0.2, 0.25) is 0 Å². The van der Waals surface area contributed by atoms with Gasteiger partial charge in [-0.15, -0.1) is 6.58 Å². The lowest BCUT2D eigenvalue weighted by Crippen LogP contribution is -2.31. The molecule has 0 unspecified atom stereocenters. The van der Waals surface area contributed by atoms with Crippen molar-refractivity contribution in [3.8, 4) is 0 Å². The van der Waals surface area contributed by atoms with Gasteiger partial charge in [-0.05, 0) is 30.2 Å². The fourth-order valence-electron chi connectivity index (χ4n) is 2.61. The van der Waals surface area contributed by atoms with Gasteiger partial charge in [0, 0.05) is 0 Å². The lowest BCUT2D eigenvalue weighted by molar-refractivity contribution is 0.0277. The van der Waals surface area contributed by atoms with Gasteiger partial charge < -0.3 is 9.84 Å². The Morgan fingerprint density at radius 2 is 2.11 bits per heavy atom. The zero-order valence-corrected chi connectivity index (χ0v) is 11.2. The standard InChI is InChI=1S/C17H22O2/c1-2-7-16-15(10-6-11-17(16)18)13-19-12-14-8-4-3-5-9-14/h2-6,8-9,11,15-18H,1,7,10,12-13H2/t15-,16+,17-/m1/s1. The molecule has 0 bridgehead atoms. The topological polar surface area (TPSA) is 29.5 Å². The third kappa shape index (κ3) is 4.05. The van der Waals surface area contributed by atoms with Crippen molar-refractivity contribution in [2.75, 3.05) is 6.61 Å². The lowest BCUT2D eigenvalue weighted by atomic mass is 9.79. The van der Waals surface area contributed by atoms with E-state index in [0.717, 1.165) is 12.8 Å². The van der Waals surface area contributed by atoms with Crippen molar-refractivity contribution in [3.63, 3.8) is 0 Å². The summed E-state index contributed by atoms with van der Waals surface area (Å²) >= 11 is 0. The van der Waals surface area contributed by atoms with E-state index in [0.29, 0.717) is 19.1 Å². The molecule has 2 rings (SSSR count). The first kappa shape index (κ1) is 14.0. The summed E-state index contributed by atoms with van der Waals surface area (Å²) < 4.78 is 5.80. The van der Waals surface area contributed by atoms with Gasteiger partial charge in [0.15, 0.2) is 0 Å². The normalized spacial score (nSPS) is 26.3. The number of benzene rings is 1. The van der Waals surface area contributed by atoms with Gasteiger partial charge in [0.1, 0.15) is 0 Å². The van der Waals surface area contributed by atoms with Gasteiger partial charge >= 0.3 is 0 Å². The highest BCUT2D eigenvalue weighted by Crippen LogP contribution is 2.29. The van der Waals surface area contributed by atoms with Gasteiger partial charge in [0.25, 0.3) is 0 Å². The Kier molecular flexibility index (Phi) is 5.37. The average molecular weight is 258 g/mol. The average Bonchev–Trinajstić information content (AvgIpc) is 2.44. The van der Waals surface area contributed by atoms with Crippen LogP contribution in [0.2, 0.25) is 0 Å². The number of allylic oxidation sites excluding steroid dienone is 2. The van der Waals surface area contributed by atoms with Gasteiger partial charge in [-0.25, -0.2) is 0 Å². The first-order valence-corrected chi connectivity index (χ1v) is 6.88. The third-order valence-electron chi connectivity index (χ3n) is 3.70. The molecule has 1 aliphatic carbocycles. The summed E-state index contributed by atoms with van der Waals surface area (Å²) in [7, 11) is 0. The second kappa shape index (κ2) is 7.27. The summed E-state index contributed by atoms with van der Waals surface area (Å²) in [4.78, 5) is 0. The highest BCUT2D eigenvalue weighted by atomic mass is 16.5. The first-order chi connectivity index (χ1) is 9.31. The summed E-state index contributed by atoms with van der Waals surface area (Å²) in [6, 6.07) is 10.2. The highest BCUT2D eigenvalue weighted by molar-refractivity contribution is 5.13. The molecule has 0 saturated heterocycles. The first-order valence-electron chi connectivity index (χ1n) is 6.88. The minimum atomic E-state index is -0.364. The Bertz CT molecular complexity index is 411. The second-order valence-electron chi connectivity index (χ2n) is 5.10. The van der Waals surface area contributed by atoms with Crippen LogP contribution in [0.1, 0.15) is 18.4 Å². The molecule has 1 aliphatic rings. The van der Waals surface area contributed by atoms with Gasteiger partial charge in [0.05, 0.1) is 19.3 Å². The summed E-state index contributed by atoms with van der Waals surface area (Å²) in [5.41, 5.74) is 1.19. The maximum absolute atomic E-state index is 10.00. The van der Waals surface area contributed by atoms with E-state index in [4.69, 9.17) is 4.74 Å². The Balaban J connectivity index is 1.84. The molecule has 0 aromatic heterocycles. The molecule has 0 aliphatic heterocycles. The summed E-state index contributed by atoms with van der Waals surface area (Å²) in [5.74, 6) is 0.611. The molecule has 1 aromatic rings. The Morgan fingerprint density at radius 3 is 2.84 bits per heavy atom. The minimum absolute atomic E-state index is 0.235. The van der Waals surface area contributed by atoms with Crippen molar-refractivity contribution >= 4 is 0 Å². The molecule has 0 fully saturated rings. The second-order valence-corrected chi connectivity index (χ2v) is 5.10. The summed E-state index contributed by atoms with van der Waals surface area (Å²) in [5, 5.41) is 10.00. The van der Waals surface area contributed by atoms with Crippen LogP contribution in [0.15, 0.2) is 55.1 Å². The Labute approximate surface area is 115 Å². The van der Waals surface area contributed by atoms with E-state index in [1.165, 1.54) is 5.56 Å². The number of aliphatic hydroxyl groups is 1. The van der Waals surface area contributed by atoms with Crippen molar-refractivity contribution in [1.29, 1.82) is 0 Å². The molecular formula is C17H22O2. The minimum Gasteiger partial charge on any atom is -0.389 e. The van der Waals surface area contributed by atoms with E-state index in [9.17, 15) is 5.11 Å². The number of ether oxygens (including phenoxy) is 1. The van der Waals surface area contributed by atoms with Crippen LogP contribution in [0.3, 0.4) is 0 Å². The molecule has 0 spiro atoms. The van der Waals surface area contributed by atoms with Crippen LogP contribution in [-0.2, 0) is 11.3 Å². The van der Waals surface area contributed by atoms with Crippen molar-refractivity contribution in [3.05, 3.63) is 60.7 Å². The van der Waals surface area contributed by atoms with Crippen LogP contribution >= 0.6 is 0 Å². The van der Waals surface area contributed by atoms with E-state index in [-0.39, 0.29) is 12.0 Å². The Hall–Kier alpha value is -1.38. The number of hydrogen-bond donors (Lipinski definition) is 1. The Morgan fingerprint density at radius 1 is 1.32 bits per heavy atom. The van der Waals surface area contributed by atoms with E-state index in [2.05, 4.69) is 24.8 Å². The molecule has 19 heavy (non-hydrogen) atoms. The molecule has 3 atom stereocenters. The largest absolute Gasteiger partial charge is 0.389 e. The fraction of sp³-hybridized carbons (Fsp3) is 0.412. The summed E-state index contributed by atoms with van der Waals surface area (Å²) in [6.45, 7) is 5.10. The van der Waals surface area contributed by atoms with E-state index in [1.807, 2.05) is 30.4 Å². The molecule has 0 saturated carbocycles. The van der Waals surface area contributed by atoms with Crippen LogP contribution < -0.4 is 0 Å². The zero-order valence-electron chi connectivity index (χ0n) is 11.2. The number of rotatable bonds is 6. The molecule has 102 valence electrons. The van der Waals surface area contributed by atoms with Crippen LogP contribution in [-0.4, -0.2) is 17.8 Å². The maximum Gasteiger partial charge on any atom is 0.0755 e. The number of aliphatic hydroxyl groups excluding tert-OH is 1. The van der Waals surface area contributed by atoms with Crippen molar-refractivity contribution in [1.82, 2.24) is 0 Å². The quantitative estimate of drug-likeness (QED) is 0.793. The zero-order chi connectivity index (χ0) is 13.5. The molecule has 0 amide bonds. The van der Waals surface area contributed by atoms with Crippen LogP contribution in [0.4, 0.5) is 0 Å². The smallest absolute Gasteiger partial charge is 0.0755 e. The molecule has 0 heterocycles. The predicted octanol–water partition coefficient (Wildman–Crippen LogP) is 3.33. The highest BCUT2D eigenvalue weighted by Gasteiger charge is 2.28. The monoisotopic (exact) mass is 258 g/mol. The third-order valence-corrected chi connectivity index (χ3v) is 3.70. The molecule has 2 nitrogen and oxygen atoms in total. The van der Waals surface area contributed by atoms with E-state index in [1.54, 1.807) is 0 Å². The lowest BCUT2D eigenvalue weighted by Gasteiger charge is -2.31. The van der Waals surface area contributed by atoms with Crippen LogP contribution in [0, 0.1) is 11.8 Å². The molecule has 0 radical (unpaired) electrons. The van der Waals surface area contributed by atoms with Gasteiger partial charge in [-0.2, -0.15) is 0 Å². The van der Waals surface area contributed by atoms with E-state index < -0.39 is 0 Å².